The Balaban J connectivity index is 1.61. The molecule has 2 atom stereocenters. The molecule has 2 aromatic rings. The zero-order valence-corrected chi connectivity index (χ0v) is 20.9. The number of hydrogen-bond donors (Lipinski definition) is 2. The molecule has 1 aromatic carbocycles. The smallest absolute Gasteiger partial charge is 0.253 e. The van der Waals surface area contributed by atoms with Gasteiger partial charge < -0.3 is 9.88 Å². The Kier molecular flexibility index (Phi) is 6.52. The van der Waals surface area contributed by atoms with Crippen LogP contribution in [-0.4, -0.2) is 37.7 Å². The maximum atomic E-state index is 13.4. The first kappa shape index (κ1) is 22.8. The highest BCUT2D eigenvalue weighted by atomic mass is 79.9. The van der Waals surface area contributed by atoms with Gasteiger partial charge in [-0.1, -0.05) is 25.0 Å². The molecule has 2 saturated carbocycles. The molecular formula is C23H32BrN3O3S. The van der Waals surface area contributed by atoms with Gasteiger partial charge in [0.05, 0.1) is 17.3 Å². The van der Waals surface area contributed by atoms with Gasteiger partial charge in [0.15, 0.2) is 0 Å². The third-order valence-electron chi connectivity index (χ3n) is 6.99. The summed E-state index contributed by atoms with van der Waals surface area (Å²) in [6, 6.07) is 4.34. The largest absolute Gasteiger partial charge is 0.349 e. The first-order valence-electron chi connectivity index (χ1n) is 11.2. The molecular weight excluding hydrogens is 478 g/mol. The van der Waals surface area contributed by atoms with Crippen molar-refractivity contribution in [2.24, 2.45) is 11.8 Å². The number of sulfonamides is 1. The Morgan fingerprint density at radius 2 is 1.84 bits per heavy atom. The number of nitrogens with zero attached hydrogens (tertiary/aromatic N) is 1. The van der Waals surface area contributed by atoms with Gasteiger partial charge in [-0.25, -0.2) is 13.1 Å². The van der Waals surface area contributed by atoms with Crippen molar-refractivity contribution in [1.82, 2.24) is 14.6 Å². The Labute approximate surface area is 193 Å². The van der Waals surface area contributed by atoms with Gasteiger partial charge in [-0.15, -0.1) is 0 Å². The van der Waals surface area contributed by atoms with Crippen molar-refractivity contribution in [3.8, 4) is 0 Å². The highest BCUT2D eigenvalue weighted by Crippen LogP contribution is 2.42. The van der Waals surface area contributed by atoms with Crippen LogP contribution in [0.5, 0.6) is 0 Å². The molecule has 1 amide bonds. The average molecular weight is 510 g/mol. The Morgan fingerprint density at radius 3 is 2.48 bits per heavy atom. The normalized spacial score (nSPS) is 23.4. The van der Waals surface area contributed by atoms with Crippen molar-refractivity contribution in [2.45, 2.75) is 65.0 Å². The average Bonchev–Trinajstić information content (AvgIpc) is 3.17. The molecule has 2 aliphatic rings. The van der Waals surface area contributed by atoms with Gasteiger partial charge in [-0.05, 0) is 72.9 Å². The van der Waals surface area contributed by atoms with E-state index in [9.17, 15) is 13.2 Å². The molecule has 6 nitrogen and oxygen atoms in total. The molecule has 0 spiro atoms. The van der Waals surface area contributed by atoms with E-state index in [1.54, 1.807) is 0 Å². The van der Waals surface area contributed by atoms with Crippen molar-refractivity contribution in [3.05, 3.63) is 33.4 Å². The summed E-state index contributed by atoms with van der Waals surface area (Å²) < 4.78 is 28.4. The number of hydrogen-bond acceptors (Lipinski definition) is 3. The van der Waals surface area contributed by atoms with E-state index in [-0.39, 0.29) is 11.9 Å². The maximum Gasteiger partial charge on any atom is 0.253 e. The summed E-state index contributed by atoms with van der Waals surface area (Å²) in [6.07, 6.45) is 7.96. The number of carbonyl (C=O) groups is 1. The molecule has 1 aromatic heterocycles. The molecule has 31 heavy (non-hydrogen) atoms. The van der Waals surface area contributed by atoms with E-state index >= 15 is 0 Å². The van der Waals surface area contributed by atoms with Crippen molar-refractivity contribution >= 4 is 42.8 Å². The van der Waals surface area contributed by atoms with E-state index in [0.29, 0.717) is 19.5 Å². The van der Waals surface area contributed by atoms with Gasteiger partial charge >= 0.3 is 0 Å². The summed E-state index contributed by atoms with van der Waals surface area (Å²) in [4.78, 5) is 13.4. The first-order valence-corrected chi connectivity index (χ1v) is 13.9. The van der Waals surface area contributed by atoms with Crippen LogP contribution in [0, 0.1) is 25.7 Å². The van der Waals surface area contributed by atoms with Crippen LogP contribution in [0.15, 0.2) is 16.6 Å². The van der Waals surface area contributed by atoms with Crippen LogP contribution in [0.3, 0.4) is 0 Å². The second-order valence-electron chi connectivity index (χ2n) is 9.41. The molecule has 2 fully saturated rings. The summed E-state index contributed by atoms with van der Waals surface area (Å²) in [6.45, 7) is 5.03. The zero-order chi connectivity index (χ0) is 22.3. The van der Waals surface area contributed by atoms with E-state index in [4.69, 9.17) is 0 Å². The number of amides is 1. The number of aromatic nitrogens is 1. The fourth-order valence-electron chi connectivity index (χ4n) is 5.57. The maximum absolute atomic E-state index is 13.4. The van der Waals surface area contributed by atoms with E-state index in [1.165, 1.54) is 25.5 Å². The lowest BCUT2D eigenvalue weighted by Crippen LogP contribution is -2.39. The van der Waals surface area contributed by atoms with Gasteiger partial charge in [-0.2, -0.15) is 0 Å². The molecule has 4 rings (SSSR count). The second-order valence-corrected chi connectivity index (χ2v) is 12.0. The number of aryl methyl sites for hydroxylation is 2. The minimum Gasteiger partial charge on any atom is -0.349 e. The van der Waals surface area contributed by atoms with Crippen molar-refractivity contribution in [3.63, 3.8) is 0 Å². The highest BCUT2D eigenvalue weighted by molar-refractivity contribution is 9.10. The Hall–Kier alpha value is -1.38. The molecule has 2 unspecified atom stereocenters. The van der Waals surface area contributed by atoms with Gasteiger partial charge in [0.2, 0.25) is 10.0 Å². The van der Waals surface area contributed by atoms with Crippen LogP contribution >= 0.6 is 15.9 Å². The quantitative estimate of drug-likeness (QED) is 0.546. The molecule has 2 N–H and O–H groups in total. The number of nitrogens with one attached hydrogen (secondary N) is 2. The zero-order valence-electron chi connectivity index (χ0n) is 18.5. The SMILES string of the molecule is Cc1ccc2c(C(=O)NC3CC4CCC(C4)C3)c(C)n(CCCNS(C)(=O)=O)c2c1Br. The van der Waals surface area contributed by atoms with E-state index in [2.05, 4.69) is 30.5 Å². The van der Waals surface area contributed by atoms with Crippen molar-refractivity contribution in [1.29, 1.82) is 0 Å². The lowest BCUT2D eigenvalue weighted by molar-refractivity contribution is 0.0919. The summed E-state index contributed by atoms with van der Waals surface area (Å²) in [5.41, 5.74) is 3.78. The minimum absolute atomic E-state index is 0.0116. The van der Waals surface area contributed by atoms with E-state index < -0.39 is 10.0 Å². The highest BCUT2D eigenvalue weighted by Gasteiger charge is 2.35. The molecule has 0 saturated heterocycles. The number of halogens is 1. The van der Waals surface area contributed by atoms with E-state index in [0.717, 1.165) is 56.9 Å². The predicted octanol–water partition coefficient (Wildman–Crippen LogP) is 4.27. The van der Waals surface area contributed by atoms with Crippen LogP contribution in [0.25, 0.3) is 10.9 Å². The van der Waals surface area contributed by atoms with Crippen molar-refractivity contribution < 1.29 is 13.2 Å². The minimum atomic E-state index is -3.21. The lowest BCUT2D eigenvalue weighted by Gasteiger charge is -2.28. The number of rotatable bonds is 7. The monoisotopic (exact) mass is 509 g/mol. The standard InChI is InChI=1S/C23H32BrN3O3S/c1-14-5-8-19-20(23(28)26-18-12-16-6-7-17(11-16)13-18)15(2)27(22(19)21(14)24)10-4-9-25-31(3,29)30/h5,8,16-18,25H,4,6-7,9-13H2,1-3H3,(H,26,28). The summed E-state index contributed by atoms with van der Waals surface area (Å²) in [5, 5.41) is 4.29. The fourth-order valence-corrected chi connectivity index (χ4v) is 6.65. The number of fused-ring (bicyclic) bond motifs is 3. The van der Waals surface area contributed by atoms with Gasteiger partial charge in [0.25, 0.3) is 5.91 Å². The van der Waals surface area contributed by atoms with Crippen LogP contribution in [0.4, 0.5) is 0 Å². The molecule has 0 radical (unpaired) electrons. The summed E-state index contributed by atoms with van der Waals surface area (Å²) in [7, 11) is -3.21. The second kappa shape index (κ2) is 8.87. The number of benzene rings is 1. The van der Waals surface area contributed by atoms with Crippen LogP contribution in [0.2, 0.25) is 0 Å². The van der Waals surface area contributed by atoms with Crippen LogP contribution < -0.4 is 10.0 Å². The van der Waals surface area contributed by atoms with Gasteiger partial charge in [0, 0.05) is 34.7 Å². The third-order valence-corrected chi connectivity index (χ3v) is 8.72. The molecule has 2 aliphatic carbocycles. The summed E-state index contributed by atoms with van der Waals surface area (Å²) in [5.74, 6) is 1.55. The molecule has 0 aliphatic heterocycles. The topological polar surface area (TPSA) is 80.2 Å². The molecule has 1 heterocycles. The van der Waals surface area contributed by atoms with Crippen LogP contribution in [-0.2, 0) is 16.6 Å². The third kappa shape index (κ3) is 4.86. The molecule has 170 valence electrons. The van der Waals surface area contributed by atoms with Gasteiger partial charge in [0.1, 0.15) is 0 Å². The summed E-state index contributed by atoms with van der Waals surface area (Å²) >= 11 is 3.73. The Morgan fingerprint density at radius 1 is 1.16 bits per heavy atom. The lowest BCUT2D eigenvalue weighted by atomic mass is 9.85. The van der Waals surface area contributed by atoms with Crippen LogP contribution in [0.1, 0.15) is 60.1 Å². The predicted molar refractivity (Wildman–Crippen MR) is 128 cm³/mol. The first-order chi connectivity index (χ1) is 14.6. The molecule has 8 heteroatoms. The van der Waals surface area contributed by atoms with Gasteiger partial charge in [-0.3, -0.25) is 4.79 Å². The fraction of sp³-hybridized carbons (Fsp3) is 0.609. The van der Waals surface area contributed by atoms with E-state index in [1.807, 2.05) is 26.0 Å². The van der Waals surface area contributed by atoms with Crippen molar-refractivity contribution in [2.75, 3.05) is 12.8 Å². The Bertz CT molecular complexity index is 1100. The number of carbonyl (C=O) groups excluding carboxylic acids is 1. The molecule has 2 bridgehead atoms.